The number of rotatable bonds is 6. The average molecular weight is 212 g/mol. The van der Waals surface area contributed by atoms with Crippen LogP contribution in [0.25, 0.3) is 0 Å². The van der Waals surface area contributed by atoms with Crippen LogP contribution in [-0.2, 0) is 17.9 Å². The summed E-state index contributed by atoms with van der Waals surface area (Å²) in [6.07, 6.45) is 1.49. The molecular formula is C9H16N4O2. The van der Waals surface area contributed by atoms with E-state index in [9.17, 15) is 4.79 Å². The quantitative estimate of drug-likeness (QED) is 0.699. The van der Waals surface area contributed by atoms with Gasteiger partial charge in [-0.25, -0.2) is 9.67 Å². The first kappa shape index (κ1) is 11.6. The van der Waals surface area contributed by atoms with Gasteiger partial charge in [-0.1, -0.05) is 13.8 Å². The van der Waals surface area contributed by atoms with Crippen LogP contribution in [0.5, 0.6) is 0 Å². The van der Waals surface area contributed by atoms with Gasteiger partial charge in [0.05, 0.1) is 13.1 Å². The number of aromatic nitrogens is 3. The maximum absolute atomic E-state index is 10.3. The number of carbonyl (C=O) groups is 1. The van der Waals surface area contributed by atoms with Crippen LogP contribution in [0.15, 0.2) is 6.33 Å². The van der Waals surface area contributed by atoms with Crippen molar-refractivity contribution in [2.45, 2.75) is 26.9 Å². The summed E-state index contributed by atoms with van der Waals surface area (Å²) in [5.74, 6) is 0.389. The molecule has 1 aromatic heterocycles. The summed E-state index contributed by atoms with van der Waals surface area (Å²) < 4.78 is 1.79. The standard InChI is InChI=1S/C9H16N4O2/c1-7(2)5-13-8(11-6-12-13)3-10-4-9(14)15/h6-7,10H,3-5H2,1-2H3,(H,14,15). The second-order valence-corrected chi connectivity index (χ2v) is 3.75. The van der Waals surface area contributed by atoms with E-state index >= 15 is 0 Å². The Hall–Kier alpha value is -1.43. The highest BCUT2D eigenvalue weighted by Gasteiger charge is 2.06. The molecule has 6 nitrogen and oxygen atoms in total. The molecule has 0 aliphatic heterocycles. The fraction of sp³-hybridized carbons (Fsp3) is 0.667. The molecule has 0 bridgehead atoms. The molecule has 0 spiro atoms. The first-order valence-corrected chi connectivity index (χ1v) is 4.88. The van der Waals surface area contributed by atoms with Gasteiger partial charge in [0.1, 0.15) is 12.2 Å². The Morgan fingerprint density at radius 3 is 3.00 bits per heavy atom. The van der Waals surface area contributed by atoms with Crippen molar-refractivity contribution in [1.82, 2.24) is 20.1 Å². The summed E-state index contributed by atoms with van der Waals surface area (Å²) in [5, 5.41) is 15.3. The number of nitrogens with zero attached hydrogens (tertiary/aromatic N) is 3. The van der Waals surface area contributed by atoms with E-state index in [1.54, 1.807) is 4.68 Å². The summed E-state index contributed by atoms with van der Waals surface area (Å²) in [5.41, 5.74) is 0. The largest absolute Gasteiger partial charge is 0.480 e. The monoisotopic (exact) mass is 212 g/mol. The first-order chi connectivity index (χ1) is 7.09. The molecule has 84 valence electrons. The molecule has 0 amide bonds. The molecule has 6 heteroatoms. The SMILES string of the molecule is CC(C)Cn1ncnc1CNCC(=O)O. The lowest BCUT2D eigenvalue weighted by Crippen LogP contribution is -2.24. The molecular weight excluding hydrogens is 196 g/mol. The lowest BCUT2D eigenvalue weighted by molar-refractivity contribution is -0.136. The molecule has 0 atom stereocenters. The minimum absolute atomic E-state index is 0.0610. The highest BCUT2D eigenvalue weighted by atomic mass is 16.4. The van der Waals surface area contributed by atoms with Crippen molar-refractivity contribution in [3.8, 4) is 0 Å². The van der Waals surface area contributed by atoms with E-state index in [4.69, 9.17) is 5.11 Å². The Morgan fingerprint density at radius 1 is 1.67 bits per heavy atom. The van der Waals surface area contributed by atoms with E-state index in [1.807, 2.05) is 0 Å². The zero-order chi connectivity index (χ0) is 11.3. The Labute approximate surface area is 88.3 Å². The van der Waals surface area contributed by atoms with E-state index < -0.39 is 5.97 Å². The van der Waals surface area contributed by atoms with Crippen molar-refractivity contribution >= 4 is 5.97 Å². The molecule has 1 aromatic rings. The lowest BCUT2D eigenvalue weighted by atomic mass is 10.2. The van der Waals surface area contributed by atoms with Crippen LogP contribution in [0.3, 0.4) is 0 Å². The molecule has 0 aromatic carbocycles. The first-order valence-electron chi connectivity index (χ1n) is 4.88. The van der Waals surface area contributed by atoms with Crippen molar-refractivity contribution < 1.29 is 9.90 Å². The third-order valence-electron chi connectivity index (χ3n) is 1.79. The van der Waals surface area contributed by atoms with Gasteiger partial charge in [-0.05, 0) is 5.92 Å². The van der Waals surface area contributed by atoms with Crippen molar-refractivity contribution in [2.24, 2.45) is 5.92 Å². The molecule has 0 unspecified atom stereocenters. The number of nitrogens with one attached hydrogen (secondary N) is 1. The van der Waals surface area contributed by atoms with Gasteiger partial charge in [-0.15, -0.1) is 0 Å². The van der Waals surface area contributed by atoms with Crippen LogP contribution in [0, 0.1) is 5.92 Å². The van der Waals surface area contributed by atoms with Crippen LogP contribution in [0.4, 0.5) is 0 Å². The van der Waals surface area contributed by atoms with Crippen LogP contribution in [0.2, 0.25) is 0 Å². The normalized spacial score (nSPS) is 10.9. The lowest BCUT2D eigenvalue weighted by Gasteiger charge is -2.08. The van der Waals surface area contributed by atoms with Gasteiger partial charge in [0.15, 0.2) is 0 Å². The van der Waals surface area contributed by atoms with E-state index in [0.29, 0.717) is 12.5 Å². The number of carboxylic acid groups (broad SMARTS) is 1. The average Bonchev–Trinajstić information content (AvgIpc) is 2.51. The molecule has 0 saturated carbocycles. The highest BCUT2D eigenvalue weighted by Crippen LogP contribution is 2.00. The summed E-state index contributed by atoms with van der Waals surface area (Å²) in [6.45, 7) is 5.35. The van der Waals surface area contributed by atoms with Gasteiger partial charge in [-0.3, -0.25) is 10.1 Å². The van der Waals surface area contributed by atoms with Gasteiger partial charge >= 0.3 is 5.97 Å². The second kappa shape index (κ2) is 5.45. The third-order valence-corrected chi connectivity index (χ3v) is 1.79. The zero-order valence-electron chi connectivity index (χ0n) is 8.97. The molecule has 0 aliphatic rings. The minimum Gasteiger partial charge on any atom is -0.480 e. The molecule has 0 aliphatic carbocycles. The van der Waals surface area contributed by atoms with Crippen molar-refractivity contribution in [3.05, 3.63) is 12.2 Å². The Balaban J connectivity index is 2.46. The zero-order valence-corrected chi connectivity index (χ0v) is 8.97. The second-order valence-electron chi connectivity index (χ2n) is 3.75. The summed E-state index contributed by atoms with van der Waals surface area (Å²) in [6, 6.07) is 0. The predicted molar refractivity (Wildman–Crippen MR) is 54.2 cm³/mol. The predicted octanol–water partition coefficient (Wildman–Crippen LogP) is 0.108. The van der Waals surface area contributed by atoms with Crippen molar-refractivity contribution in [1.29, 1.82) is 0 Å². The Kier molecular flexibility index (Phi) is 4.23. The van der Waals surface area contributed by atoms with Crippen LogP contribution in [0.1, 0.15) is 19.7 Å². The molecule has 0 radical (unpaired) electrons. The van der Waals surface area contributed by atoms with E-state index in [-0.39, 0.29) is 6.54 Å². The minimum atomic E-state index is -0.870. The molecule has 0 saturated heterocycles. The summed E-state index contributed by atoms with van der Waals surface area (Å²) in [7, 11) is 0. The molecule has 15 heavy (non-hydrogen) atoms. The van der Waals surface area contributed by atoms with Gasteiger partial charge in [0, 0.05) is 6.54 Å². The molecule has 2 N–H and O–H groups in total. The number of carboxylic acids is 1. The molecule has 1 rings (SSSR count). The molecule has 0 fully saturated rings. The van der Waals surface area contributed by atoms with Gasteiger partial charge < -0.3 is 5.11 Å². The van der Waals surface area contributed by atoms with Crippen LogP contribution >= 0.6 is 0 Å². The smallest absolute Gasteiger partial charge is 0.317 e. The fourth-order valence-corrected chi connectivity index (χ4v) is 1.20. The Morgan fingerprint density at radius 2 is 2.40 bits per heavy atom. The van der Waals surface area contributed by atoms with Crippen LogP contribution in [-0.4, -0.2) is 32.4 Å². The molecule has 1 heterocycles. The van der Waals surface area contributed by atoms with E-state index in [0.717, 1.165) is 12.4 Å². The topological polar surface area (TPSA) is 80.0 Å². The van der Waals surface area contributed by atoms with Crippen LogP contribution < -0.4 is 5.32 Å². The summed E-state index contributed by atoms with van der Waals surface area (Å²) >= 11 is 0. The van der Waals surface area contributed by atoms with Crippen molar-refractivity contribution in [2.75, 3.05) is 6.54 Å². The Bertz CT molecular complexity index is 322. The number of hydrogen-bond donors (Lipinski definition) is 2. The fourth-order valence-electron chi connectivity index (χ4n) is 1.20. The van der Waals surface area contributed by atoms with Gasteiger partial charge in [0.2, 0.25) is 0 Å². The maximum Gasteiger partial charge on any atom is 0.317 e. The van der Waals surface area contributed by atoms with Gasteiger partial charge in [0.25, 0.3) is 0 Å². The third kappa shape index (κ3) is 4.07. The summed E-state index contributed by atoms with van der Waals surface area (Å²) in [4.78, 5) is 14.3. The van der Waals surface area contributed by atoms with Crippen molar-refractivity contribution in [3.63, 3.8) is 0 Å². The highest BCUT2D eigenvalue weighted by molar-refractivity contribution is 5.68. The maximum atomic E-state index is 10.3. The van der Waals surface area contributed by atoms with Gasteiger partial charge in [-0.2, -0.15) is 5.10 Å². The number of aliphatic carboxylic acids is 1. The van der Waals surface area contributed by atoms with E-state index in [1.165, 1.54) is 6.33 Å². The van der Waals surface area contributed by atoms with E-state index in [2.05, 4.69) is 29.2 Å². The number of hydrogen-bond acceptors (Lipinski definition) is 4.